The predicted molar refractivity (Wildman–Crippen MR) is 68.5 cm³/mol. The Labute approximate surface area is 98.3 Å². The number of anilines is 1. The van der Waals surface area contributed by atoms with Gasteiger partial charge < -0.3 is 4.98 Å². The van der Waals surface area contributed by atoms with Crippen molar-refractivity contribution in [2.24, 2.45) is 0 Å². The van der Waals surface area contributed by atoms with Gasteiger partial charge >= 0.3 is 0 Å². The lowest BCUT2D eigenvalue weighted by atomic mass is 10.1. The van der Waals surface area contributed by atoms with Gasteiger partial charge in [0, 0.05) is 27.5 Å². The average molecular weight is 227 g/mol. The van der Waals surface area contributed by atoms with Crippen molar-refractivity contribution >= 4 is 27.6 Å². The number of aromatic amines is 1. The summed E-state index contributed by atoms with van der Waals surface area (Å²) >= 11 is 0. The molecule has 3 N–H and O–H groups in total. The molecule has 0 saturated carbocycles. The van der Waals surface area contributed by atoms with Crippen molar-refractivity contribution in [3.63, 3.8) is 0 Å². The number of nitrogens with one attached hydrogen (secondary N) is 2. The third-order valence-electron chi connectivity index (χ3n) is 3.18. The van der Waals surface area contributed by atoms with Crippen LogP contribution in [0.3, 0.4) is 0 Å². The van der Waals surface area contributed by atoms with Gasteiger partial charge in [0.25, 0.3) is 0 Å². The van der Waals surface area contributed by atoms with Crippen molar-refractivity contribution in [3.05, 3.63) is 35.5 Å². The topological polar surface area (TPSA) is 60.9 Å². The van der Waals surface area contributed by atoms with Gasteiger partial charge in [-0.05, 0) is 19.9 Å². The second-order valence-electron chi connectivity index (χ2n) is 4.20. The summed E-state index contributed by atoms with van der Waals surface area (Å²) in [6.45, 7) is 3.88. The van der Waals surface area contributed by atoms with E-state index >= 15 is 0 Å². The summed E-state index contributed by atoms with van der Waals surface area (Å²) in [5.41, 5.74) is 6.08. The Bertz CT molecular complexity index is 715. The fourth-order valence-electron chi connectivity index (χ4n) is 2.33. The molecule has 2 heterocycles. The first-order valence-corrected chi connectivity index (χ1v) is 5.50. The van der Waals surface area contributed by atoms with Gasteiger partial charge in [0.05, 0.1) is 5.52 Å². The van der Waals surface area contributed by atoms with Gasteiger partial charge in [-0.25, -0.2) is 4.98 Å². The highest BCUT2D eigenvalue weighted by Crippen LogP contribution is 2.31. The van der Waals surface area contributed by atoms with Crippen LogP contribution in [-0.2, 0) is 0 Å². The Morgan fingerprint density at radius 1 is 1.24 bits per heavy atom. The van der Waals surface area contributed by atoms with Crippen LogP contribution in [0.15, 0.2) is 24.3 Å². The Balaban J connectivity index is 2.56. The lowest BCUT2D eigenvalue weighted by Gasteiger charge is -2.06. The van der Waals surface area contributed by atoms with Gasteiger partial charge in [-0.3, -0.25) is 10.7 Å². The van der Waals surface area contributed by atoms with Crippen LogP contribution in [0, 0.1) is 13.8 Å². The maximum atomic E-state index is 9.05. The first-order chi connectivity index (χ1) is 8.22. The minimum absolute atomic E-state index is 0.501. The molecule has 0 aliphatic heterocycles. The first kappa shape index (κ1) is 10.1. The average Bonchev–Trinajstić information content (AvgIpc) is 2.73. The van der Waals surface area contributed by atoms with E-state index in [2.05, 4.69) is 21.5 Å². The number of aryl methyl sites for hydroxylation is 2. The Morgan fingerprint density at radius 2 is 2.00 bits per heavy atom. The summed E-state index contributed by atoms with van der Waals surface area (Å²) in [6, 6.07) is 8.14. The molecule has 0 amide bonds. The third kappa shape index (κ3) is 1.31. The van der Waals surface area contributed by atoms with Gasteiger partial charge in [-0.15, -0.1) is 0 Å². The fraction of sp³-hybridized carbons (Fsp3) is 0.154. The van der Waals surface area contributed by atoms with Gasteiger partial charge in [-0.1, -0.05) is 18.2 Å². The molecular formula is C13H13N3O. The molecule has 0 fully saturated rings. The molecule has 0 bridgehead atoms. The highest BCUT2D eigenvalue weighted by Gasteiger charge is 2.12. The van der Waals surface area contributed by atoms with Crippen molar-refractivity contribution in [2.75, 3.05) is 5.48 Å². The number of rotatable bonds is 1. The quantitative estimate of drug-likeness (QED) is 0.560. The number of benzene rings is 1. The summed E-state index contributed by atoms with van der Waals surface area (Å²) in [7, 11) is 0. The number of pyridine rings is 1. The van der Waals surface area contributed by atoms with Crippen LogP contribution in [0.1, 0.15) is 11.3 Å². The zero-order valence-corrected chi connectivity index (χ0v) is 9.70. The van der Waals surface area contributed by atoms with Crippen molar-refractivity contribution in [1.82, 2.24) is 9.97 Å². The summed E-state index contributed by atoms with van der Waals surface area (Å²) in [4.78, 5) is 7.73. The normalized spacial score (nSPS) is 11.2. The highest BCUT2D eigenvalue weighted by molar-refractivity contribution is 6.10. The Kier molecular flexibility index (Phi) is 2.06. The van der Waals surface area contributed by atoms with E-state index in [0.29, 0.717) is 5.82 Å². The Morgan fingerprint density at radius 3 is 2.76 bits per heavy atom. The van der Waals surface area contributed by atoms with Gasteiger partial charge in [-0.2, -0.15) is 0 Å². The van der Waals surface area contributed by atoms with Gasteiger partial charge in [0.1, 0.15) is 0 Å². The maximum Gasteiger partial charge on any atom is 0.154 e. The van der Waals surface area contributed by atoms with Crippen LogP contribution < -0.4 is 5.48 Å². The molecule has 0 aliphatic carbocycles. The molecule has 86 valence electrons. The van der Waals surface area contributed by atoms with Crippen LogP contribution in [0.5, 0.6) is 0 Å². The molecule has 4 nitrogen and oxygen atoms in total. The number of para-hydroxylation sites is 1. The van der Waals surface area contributed by atoms with E-state index < -0.39 is 0 Å². The molecule has 17 heavy (non-hydrogen) atoms. The van der Waals surface area contributed by atoms with E-state index in [4.69, 9.17) is 5.21 Å². The molecule has 3 aromatic rings. The standard InChI is InChI=1S/C13H13N3O/c1-7-12-11(8(2)14-13(7)16-17)9-5-3-4-6-10(9)15-12/h3-6,15,17H,1-2H3,(H,14,16). The van der Waals surface area contributed by atoms with E-state index in [9.17, 15) is 0 Å². The van der Waals surface area contributed by atoms with Crippen LogP contribution in [-0.4, -0.2) is 15.2 Å². The molecule has 1 aromatic carbocycles. The molecule has 0 aliphatic rings. The number of hydrogen-bond donors (Lipinski definition) is 3. The second-order valence-corrected chi connectivity index (χ2v) is 4.20. The smallest absolute Gasteiger partial charge is 0.154 e. The molecule has 0 saturated heterocycles. The SMILES string of the molecule is Cc1c(NO)nc(C)c2c1[nH]c1ccccc12. The highest BCUT2D eigenvalue weighted by atomic mass is 16.5. The van der Waals surface area contributed by atoms with E-state index in [1.807, 2.05) is 32.0 Å². The van der Waals surface area contributed by atoms with Crippen molar-refractivity contribution in [2.45, 2.75) is 13.8 Å². The van der Waals surface area contributed by atoms with Crippen molar-refractivity contribution in [1.29, 1.82) is 0 Å². The first-order valence-electron chi connectivity index (χ1n) is 5.50. The molecule has 3 rings (SSSR count). The number of nitrogens with zero attached hydrogens (tertiary/aromatic N) is 1. The molecule has 2 aromatic heterocycles. The second kappa shape index (κ2) is 3.46. The lowest BCUT2D eigenvalue weighted by molar-refractivity contribution is 0.385. The fourth-order valence-corrected chi connectivity index (χ4v) is 2.33. The largest absolute Gasteiger partial charge is 0.354 e. The van der Waals surface area contributed by atoms with E-state index in [1.54, 1.807) is 0 Å². The van der Waals surface area contributed by atoms with E-state index in [-0.39, 0.29) is 0 Å². The zero-order chi connectivity index (χ0) is 12.0. The van der Waals surface area contributed by atoms with Crippen LogP contribution in [0.25, 0.3) is 21.8 Å². The summed E-state index contributed by atoms with van der Waals surface area (Å²) in [6.07, 6.45) is 0. The maximum absolute atomic E-state index is 9.05. The molecule has 0 radical (unpaired) electrons. The number of H-pyrrole nitrogens is 1. The molecule has 4 heteroatoms. The van der Waals surface area contributed by atoms with Gasteiger partial charge in [0.2, 0.25) is 0 Å². The summed E-state index contributed by atoms with van der Waals surface area (Å²) < 4.78 is 0. The van der Waals surface area contributed by atoms with Crippen LogP contribution >= 0.6 is 0 Å². The van der Waals surface area contributed by atoms with Crippen LogP contribution in [0.2, 0.25) is 0 Å². The minimum atomic E-state index is 0.501. The van der Waals surface area contributed by atoms with Crippen molar-refractivity contribution < 1.29 is 5.21 Å². The number of fused-ring (bicyclic) bond motifs is 3. The molecule has 0 unspecified atom stereocenters. The molecule has 0 spiro atoms. The van der Waals surface area contributed by atoms with E-state index in [1.165, 1.54) is 5.39 Å². The lowest BCUT2D eigenvalue weighted by Crippen LogP contribution is -1.98. The number of hydrogen-bond acceptors (Lipinski definition) is 3. The summed E-state index contributed by atoms with van der Waals surface area (Å²) in [5, 5.41) is 11.3. The zero-order valence-electron chi connectivity index (χ0n) is 9.70. The van der Waals surface area contributed by atoms with Crippen molar-refractivity contribution in [3.8, 4) is 0 Å². The third-order valence-corrected chi connectivity index (χ3v) is 3.18. The number of aromatic nitrogens is 2. The van der Waals surface area contributed by atoms with Crippen LogP contribution in [0.4, 0.5) is 5.82 Å². The Hall–Kier alpha value is -2.07. The van der Waals surface area contributed by atoms with Gasteiger partial charge in [0.15, 0.2) is 5.82 Å². The monoisotopic (exact) mass is 227 g/mol. The summed E-state index contributed by atoms with van der Waals surface area (Å²) in [5.74, 6) is 0.501. The minimum Gasteiger partial charge on any atom is -0.354 e. The molecule has 0 atom stereocenters. The predicted octanol–water partition coefficient (Wildman–Crippen LogP) is 3.13. The van der Waals surface area contributed by atoms with E-state index in [0.717, 1.165) is 27.7 Å². The molecular weight excluding hydrogens is 214 g/mol.